The van der Waals surface area contributed by atoms with Gasteiger partial charge in [-0.2, -0.15) is 0 Å². The van der Waals surface area contributed by atoms with Gasteiger partial charge in [-0.05, 0) is 53.7 Å². The molecule has 1 aromatic carbocycles. The maximum Gasteiger partial charge on any atom is 0.347 e. The minimum atomic E-state index is 0.150. The average Bonchev–Trinajstić information content (AvgIpc) is 2.55. The zero-order chi connectivity index (χ0) is 12.8. The first-order valence-corrected chi connectivity index (χ1v) is 6.92. The third-order valence-corrected chi connectivity index (χ3v) is 4.78. The predicted octanol–water partition coefficient (Wildman–Crippen LogP) is 4.02. The van der Waals surface area contributed by atoms with Crippen molar-refractivity contribution in [2.45, 2.75) is 52.6 Å². The van der Waals surface area contributed by atoms with Crippen molar-refractivity contribution >= 4 is 19.5 Å². The van der Waals surface area contributed by atoms with Gasteiger partial charge in [-0.25, -0.2) is 8.66 Å². The van der Waals surface area contributed by atoms with Crippen LogP contribution in [-0.2, 0) is 11.1 Å². The summed E-state index contributed by atoms with van der Waals surface area (Å²) < 4.78 is 4.90. The van der Waals surface area contributed by atoms with Crippen LogP contribution < -0.4 is 4.33 Å². The molecule has 0 spiro atoms. The molecule has 3 heteroatoms. The Morgan fingerprint density at radius 2 is 1.59 bits per heavy atom. The van der Waals surface area contributed by atoms with Crippen LogP contribution in [0.4, 0.5) is 0 Å². The first-order chi connectivity index (χ1) is 7.71. The van der Waals surface area contributed by atoms with Crippen LogP contribution in [0.2, 0.25) is 0 Å². The Labute approximate surface area is 105 Å². The quantitative estimate of drug-likeness (QED) is 0.667. The lowest BCUT2D eigenvalue weighted by molar-refractivity contribution is -0.666. The number of hydrogen-bond acceptors (Lipinski definition) is 0. The molecule has 92 valence electrons. The van der Waals surface area contributed by atoms with Crippen LogP contribution in [0.5, 0.6) is 0 Å². The molecule has 17 heavy (non-hydrogen) atoms. The number of fused-ring (bicyclic) bond motifs is 1. The summed E-state index contributed by atoms with van der Waals surface area (Å²) in [7, 11) is 1.26. The van der Waals surface area contributed by atoms with Crippen LogP contribution in [0, 0.1) is 0 Å². The molecule has 2 rings (SSSR count). The van der Waals surface area contributed by atoms with Crippen molar-refractivity contribution in [1.29, 1.82) is 0 Å². The van der Waals surface area contributed by atoms with E-state index in [0.29, 0.717) is 0 Å². The molecule has 0 radical (unpaired) electrons. The van der Waals surface area contributed by atoms with E-state index in [1.807, 2.05) is 0 Å². The third-order valence-electron chi connectivity index (χ3n) is 2.79. The Hall–Kier alpha value is -0.880. The Morgan fingerprint density at radius 3 is 2.12 bits per heavy atom. The number of rotatable bonds is 0. The van der Waals surface area contributed by atoms with Gasteiger partial charge in [-0.1, -0.05) is 12.1 Å². The summed E-state index contributed by atoms with van der Waals surface area (Å²) in [5.74, 6) is 0. The van der Waals surface area contributed by atoms with Gasteiger partial charge in [0.2, 0.25) is 0 Å². The monoisotopic (exact) mass is 249 g/mol. The van der Waals surface area contributed by atoms with E-state index in [-0.39, 0.29) is 11.1 Å². The van der Waals surface area contributed by atoms with Crippen LogP contribution in [0.25, 0.3) is 11.0 Å². The molecule has 0 saturated heterocycles. The number of hydrogen-bond donors (Lipinski definition) is 0. The van der Waals surface area contributed by atoms with Crippen molar-refractivity contribution in [3.8, 4) is 0 Å². The minimum Gasteiger partial charge on any atom is -0.203 e. The van der Waals surface area contributed by atoms with Gasteiger partial charge in [0.15, 0.2) is 11.0 Å². The van der Waals surface area contributed by atoms with Gasteiger partial charge < -0.3 is 0 Å². The molecule has 2 nitrogen and oxygen atoms in total. The standard InChI is InChI=1S/C14H22N2P/c1-13(2,3)15-11-9-7-8-10-12(11)16(17-15)14(4,5)6/h7-10H,1-6H3/q+1. The number of para-hydroxylation sites is 2. The molecule has 1 aromatic heterocycles. The van der Waals surface area contributed by atoms with Crippen molar-refractivity contribution in [3.05, 3.63) is 24.3 Å². The molecule has 2 aromatic rings. The Bertz CT molecular complexity index is 493. The highest BCUT2D eigenvalue weighted by atomic mass is 31.1. The van der Waals surface area contributed by atoms with Gasteiger partial charge in [0.1, 0.15) is 11.1 Å². The number of nitrogens with zero attached hydrogens (tertiary/aromatic N) is 2. The largest absolute Gasteiger partial charge is 0.347 e. The first-order valence-electron chi connectivity index (χ1n) is 6.12. The SMILES string of the molecule is CC(C)(C)n1p[n+](C(C)(C)C)c2ccccc21. The smallest absolute Gasteiger partial charge is 0.203 e. The molecular weight excluding hydrogens is 227 g/mol. The second-order valence-corrected chi connectivity index (χ2v) is 7.52. The van der Waals surface area contributed by atoms with Gasteiger partial charge in [0.05, 0.1) is 0 Å². The van der Waals surface area contributed by atoms with Gasteiger partial charge in [-0.3, -0.25) is 0 Å². The van der Waals surface area contributed by atoms with Crippen molar-refractivity contribution in [1.82, 2.24) is 4.33 Å². The van der Waals surface area contributed by atoms with Gasteiger partial charge in [-0.15, -0.1) is 0 Å². The third kappa shape index (κ3) is 2.24. The summed E-state index contributed by atoms with van der Waals surface area (Å²) >= 11 is 0. The molecule has 0 amide bonds. The van der Waals surface area contributed by atoms with E-state index in [9.17, 15) is 0 Å². The molecule has 0 saturated carbocycles. The van der Waals surface area contributed by atoms with E-state index in [4.69, 9.17) is 0 Å². The van der Waals surface area contributed by atoms with Crippen molar-refractivity contribution in [2.75, 3.05) is 0 Å². The summed E-state index contributed by atoms with van der Waals surface area (Å²) in [5, 5.41) is 0. The number of aromatic nitrogens is 2. The molecule has 0 atom stereocenters. The van der Waals surface area contributed by atoms with E-state index in [1.165, 1.54) is 19.5 Å². The van der Waals surface area contributed by atoms with E-state index >= 15 is 0 Å². The highest BCUT2D eigenvalue weighted by Crippen LogP contribution is 2.28. The van der Waals surface area contributed by atoms with Gasteiger partial charge >= 0.3 is 8.51 Å². The molecule has 0 fully saturated rings. The second-order valence-electron chi connectivity index (χ2n) is 6.54. The molecule has 0 aliphatic rings. The molecule has 0 bridgehead atoms. The summed E-state index contributed by atoms with van der Waals surface area (Å²) in [6.45, 7) is 13.6. The molecule has 0 aliphatic carbocycles. The molecule has 0 aliphatic heterocycles. The van der Waals surface area contributed by atoms with E-state index in [2.05, 4.69) is 74.5 Å². The van der Waals surface area contributed by atoms with Crippen LogP contribution in [0.3, 0.4) is 0 Å². The summed E-state index contributed by atoms with van der Waals surface area (Å²) in [4.78, 5) is 0. The van der Waals surface area contributed by atoms with Crippen molar-refractivity contribution < 1.29 is 4.33 Å². The number of benzene rings is 1. The second kappa shape index (κ2) is 3.81. The van der Waals surface area contributed by atoms with Crippen LogP contribution in [0.1, 0.15) is 41.5 Å². The lowest BCUT2D eigenvalue weighted by Gasteiger charge is -2.15. The Kier molecular flexibility index (Phi) is 2.82. The zero-order valence-electron chi connectivity index (χ0n) is 11.7. The molecule has 0 unspecified atom stereocenters. The fourth-order valence-electron chi connectivity index (χ4n) is 2.00. The van der Waals surface area contributed by atoms with Gasteiger partial charge in [0, 0.05) is 0 Å². The van der Waals surface area contributed by atoms with Crippen LogP contribution in [0.15, 0.2) is 24.3 Å². The van der Waals surface area contributed by atoms with Crippen molar-refractivity contribution in [3.63, 3.8) is 0 Å². The van der Waals surface area contributed by atoms with E-state index < -0.39 is 0 Å². The van der Waals surface area contributed by atoms with Gasteiger partial charge in [0.25, 0.3) is 0 Å². The maximum atomic E-state index is 2.45. The van der Waals surface area contributed by atoms with E-state index in [0.717, 1.165) is 0 Å². The van der Waals surface area contributed by atoms with E-state index in [1.54, 1.807) is 0 Å². The van der Waals surface area contributed by atoms with Crippen LogP contribution in [-0.4, -0.2) is 4.33 Å². The summed E-state index contributed by atoms with van der Waals surface area (Å²) in [6, 6.07) is 8.69. The Morgan fingerprint density at radius 1 is 1.00 bits per heavy atom. The summed E-state index contributed by atoms with van der Waals surface area (Å²) in [5.41, 5.74) is 2.99. The predicted molar refractivity (Wildman–Crippen MR) is 74.6 cm³/mol. The molecule has 0 N–H and O–H groups in total. The average molecular weight is 249 g/mol. The first kappa shape index (κ1) is 12.6. The highest BCUT2D eigenvalue weighted by Gasteiger charge is 2.31. The topological polar surface area (TPSA) is 8.81 Å². The van der Waals surface area contributed by atoms with Crippen molar-refractivity contribution in [2.24, 2.45) is 0 Å². The highest BCUT2D eigenvalue weighted by molar-refractivity contribution is 7.18. The Balaban J connectivity index is 2.81. The summed E-state index contributed by atoms with van der Waals surface area (Å²) in [6.07, 6.45) is 0. The normalized spacial score (nSPS) is 13.8. The lowest BCUT2D eigenvalue weighted by atomic mass is 10.1. The minimum absolute atomic E-state index is 0.150. The molecular formula is C14H22N2P+. The fraction of sp³-hybridized carbons (Fsp3) is 0.571. The zero-order valence-corrected chi connectivity index (χ0v) is 12.5. The van der Waals surface area contributed by atoms with Crippen LogP contribution >= 0.6 is 8.51 Å². The fourth-order valence-corrected chi connectivity index (χ4v) is 3.25. The lowest BCUT2D eigenvalue weighted by Crippen LogP contribution is -2.46. The molecule has 1 heterocycles. The maximum absolute atomic E-state index is 2.45.